The van der Waals surface area contributed by atoms with E-state index >= 15 is 0 Å². The number of fused-ring (bicyclic) bond motifs is 5. The van der Waals surface area contributed by atoms with Crippen molar-refractivity contribution in [3.05, 3.63) is 11.6 Å². The third kappa shape index (κ3) is 6.51. The second kappa shape index (κ2) is 13.2. The van der Waals surface area contributed by atoms with Gasteiger partial charge in [-0.3, -0.25) is 4.79 Å². The molecule has 0 spiro atoms. The van der Waals surface area contributed by atoms with Crippen LogP contribution in [0.4, 0.5) is 4.79 Å². The van der Waals surface area contributed by atoms with Gasteiger partial charge in [0.25, 0.3) is 0 Å². The molecule has 0 aliphatic heterocycles. The first-order chi connectivity index (χ1) is 17.4. The molecule has 0 N–H and O–H groups in total. The van der Waals surface area contributed by atoms with Crippen molar-refractivity contribution in [3.63, 3.8) is 0 Å². The highest BCUT2D eigenvalue weighted by atomic mass is 35.5. The Bertz CT molecular complexity index is 779. The molecule has 0 unspecified atom stereocenters. The van der Waals surface area contributed by atoms with Gasteiger partial charge in [-0.1, -0.05) is 77.2 Å². The summed E-state index contributed by atoms with van der Waals surface area (Å²) in [6.07, 6.45) is 20.6. The second-order valence-corrected chi connectivity index (χ2v) is 13.0. The van der Waals surface area contributed by atoms with Crippen molar-refractivity contribution in [2.75, 3.05) is 6.61 Å². The summed E-state index contributed by atoms with van der Waals surface area (Å²) in [6, 6.07) is 0. The number of hydrogen-bond acceptors (Lipinski definition) is 4. The molecule has 4 nitrogen and oxygen atoms in total. The predicted octanol–water partition coefficient (Wildman–Crippen LogP) is 8.79. The smallest absolute Gasteiger partial charge is 0.434 e. The van der Waals surface area contributed by atoms with Crippen LogP contribution in [0.5, 0.6) is 0 Å². The van der Waals surface area contributed by atoms with Gasteiger partial charge in [0.05, 0.1) is 6.61 Å². The van der Waals surface area contributed by atoms with Crippen LogP contribution >= 0.6 is 11.6 Å². The molecule has 0 saturated heterocycles. The molecule has 0 heterocycles. The van der Waals surface area contributed by atoms with Gasteiger partial charge < -0.3 is 9.47 Å². The Morgan fingerprint density at radius 3 is 2.39 bits per heavy atom. The molecule has 3 fully saturated rings. The fourth-order valence-electron chi connectivity index (χ4n) is 8.24. The van der Waals surface area contributed by atoms with E-state index < -0.39 is 6.16 Å². The van der Waals surface area contributed by atoms with Crippen LogP contribution in [0.2, 0.25) is 0 Å². The van der Waals surface area contributed by atoms with Gasteiger partial charge in [0, 0.05) is 17.2 Å². The fourth-order valence-corrected chi connectivity index (χ4v) is 8.94. The first-order valence-electron chi connectivity index (χ1n) is 15.1. The molecule has 36 heavy (non-hydrogen) atoms. The monoisotopic (exact) mass is 520 g/mol. The molecule has 3 saturated carbocycles. The van der Waals surface area contributed by atoms with Gasteiger partial charge in [-0.15, -0.1) is 11.6 Å². The van der Waals surface area contributed by atoms with E-state index in [4.69, 9.17) is 21.1 Å². The zero-order valence-electron chi connectivity index (χ0n) is 22.8. The Morgan fingerprint density at radius 1 is 0.972 bits per heavy atom. The summed E-state index contributed by atoms with van der Waals surface area (Å²) in [4.78, 5) is 24.5. The Labute approximate surface area is 224 Å². The first-order valence-corrected chi connectivity index (χ1v) is 15.6. The lowest BCUT2D eigenvalue weighted by atomic mass is 9.52. The van der Waals surface area contributed by atoms with Crippen molar-refractivity contribution in [3.8, 4) is 0 Å². The lowest BCUT2D eigenvalue weighted by molar-refractivity contribution is -0.116. The number of alkyl halides is 1. The Hall–Kier alpha value is -1.03. The van der Waals surface area contributed by atoms with Crippen LogP contribution in [-0.4, -0.2) is 30.0 Å². The molecule has 0 aromatic rings. The number of allylic oxidation sites excluding steroid dienone is 1. The molecule has 4 aliphatic carbocycles. The number of unbranched alkanes of at least 4 members (excludes halogenated alkanes) is 9. The number of hydrogen-bond donors (Lipinski definition) is 0. The van der Waals surface area contributed by atoms with Crippen LogP contribution in [0.1, 0.15) is 123 Å². The van der Waals surface area contributed by atoms with Gasteiger partial charge in [-0.2, -0.15) is 0 Å². The topological polar surface area (TPSA) is 52.6 Å². The Morgan fingerprint density at radius 2 is 1.67 bits per heavy atom. The summed E-state index contributed by atoms with van der Waals surface area (Å²) in [7, 11) is 0. The minimum atomic E-state index is -0.495. The summed E-state index contributed by atoms with van der Waals surface area (Å²) in [5, 5.41) is 0.0741. The van der Waals surface area contributed by atoms with E-state index in [-0.39, 0.29) is 22.7 Å². The molecular weight excluding hydrogens is 472 g/mol. The predicted molar refractivity (Wildman–Crippen MR) is 145 cm³/mol. The van der Waals surface area contributed by atoms with E-state index in [1.54, 1.807) is 0 Å². The minimum Gasteiger partial charge on any atom is -0.434 e. The number of ketones is 1. The fraction of sp³-hybridized carbons (Fsp3) is 0.871. The summed E-state index contributed by atoms with van der Waals surface area (Å²) in [5.74, 6) is 2.32. The highest BCUT2D eigenvalue weighted by molar-refractivity contribution is 6.21. The molecule has 0 aromatic heterocycles. The highest BCUT2D eigenvalue weighted by Crippen LogP contribution is 2.63. The molecular formula is C31H49ClO4. The Kier molecular flexibility index (Phi) is 10.2. The molecule has 7 atom stereocenters. The van der Waals surface area contributed by atoms with E-state index in [2.05, 4.69) is 13.8 Å². The van der Waals surface area contributed by atoms with E-state index in [9.17, 15) is 9.59 Å². The second-order valence-electron chi connectivity index (χ2n) is 12.4. The molecule has 0 bridgehead atoms. The van der Waals surface area contributed by atoms with E-state index in [0.29, 0.717) is 36.7 Å². The third-order valence-corrected chi connectivity index (χ3v) is 10.5. The van der Waals surface area contributed by atoms with Crippen LogP contribution in [0.25, 0.3) is 0 Å². The minimum absolute atomic E-state index is 0.0740. The molecule has 204 valence electrons. The number of ether oxygens (including phenoxy) is 2. The van der Waals surface area contributed by atoms with Crippen LogP contribution in [0.15, 0.2) is 11.6 Å². The van der Waals surface area contributed by atoms with Gasteiger partial charge in [-0.25, -0.2) is 4.79 Å². The normalized spacial score (nSPS) is 35.4. The van der Waals surface area contributed by atoms with Crippen LogP contribution in [-0.2, 0) is 14.3 Å². The van der Waals surface area contributed by atoms with E-state index in [1.165, 1.54) is 56.9 Å². The highest BCUT2D eigenvalue weighted by Gasteiger charge is 2.60. The first kappa shape index (κ1) is 28.0. The summed E-state index contributed by atoms with van der Waals surface area (Å²) in [6.45, 7) is 5.01. The molecule has 0 radical (unpaired) electrons. The maximum absolute atomic E-state index is 12.5. The molecule has 4 rings (SSSR count). The maximum Gasteiger partial charge on any atom is 0.508 e. The van der Waals surface area contributed by atoms with Crippen LogP contribution < -0.4 is 0 Å². The summed E-state index contributed by atoms with van der Waals surface area (Å²) >= 11 is 7.11. The van der Waals surface area contributed by atoms with Crippen molar-refractivity contribution in [2.24, 2.45) is 29.1 Å². The van der Waals surface area contributed by atoms with E-state index in [1.807, 2.05) is 6.08 Å². The number of carbonyl (C=O) groups excluding carboxylic acids is 2. The van der Waals surface area contributed by atoms with Crippen molar-refractivity contribution >= 4 is 23.5 Å². The number of halogens is 1. The molecule has 0 aromatic carbocycles. The zero-order valence-corrected chi connectivity index (χ0v) is 23.5. The van der Waals surface area contributed by atoms with Crippen LogP contribution in [0, 0.1) is 29.1 Å². The molecule has 0 amide bonds. The maximum atomic E-state index is 12.5. The largest absolute Gasteiger partial charge is 0.508 e. The van der Waals surface area contributed by atoms with Crippen molar-refractivity contribution in [2.45, 2.75) is 134 Å². The summed E-state index contributed by atoms with van der Waals surface area (Å²) < 4.78 is 11.4. The van der Waals surface area contributed by atoms with Gasteiger partial charge in [-0.05, 0) is 74.7 Å². The lowest BCUT2D eigenvalue weighted by Gasteiger charge is -2.55. The summed E-state index contributed by atoms with van der Waals surface area (Å²) in [5.41, 5.74) is 1.28. The average Bonchev–Trinajstić information content (AvgIpc) is 3.17. The average molecular weight is 521 g/mol. The van der Waals surface area contributed by atoms with Gasteiger partial charge in [0.2, 0.25) is 0 Å². The van der Waals surface area contributed by atoms with E-state index in [0.717, 1.165) is 51.4 Å². The Balaban J connectivity index is 1.18. The van der Waals surface area contributed by atoms with Crippen molar-refractivity contribution in [1.29, 1.82) is 0 Å². The standard InChI is InChI=1S/C31H49ClO4/c1-3-4-5-6-7-8-9-10-11-12-19-35-30(34)36-28-18-17-26-25-15-13-22-20-23(33)14-16-24(22)29(25)27(32)21-31(26,28)2/h20,24-29H,3-19,21H2,1-2H3/t24-,25-,26-,27-,28-,29+,31-/m0/s1. The third-order valence-electron chi connectivity index (χ3n) is 10.1. The number of rotatable bonds is 12. The van der Waals surface area contributed by atoms with Gasteiger partial charge in [0.15, 0.2) is 5.78 Å². The van der Waals surface area contributed by atoms with Crippen molar-refractivity contribution < 1.29 is 19.1 Å². The lowest BCUT2D eigenvalue weighted by Crippen LogP contribution is -2.53. The van der Waals surface area contributed by atoms with Crippen LogP contribution in [0.3, 0.4) is 0 Å². The van der Waals surface area contributed by atoms with Gasteiger partial charge >= 0.3 is 6.16 Å². The zero-order chi connectivity index (χ0) is 25.5. The SMILES string of the molecule is CCCCCCCCCCCCOC(=O)O[C@H]1CC[C@H]2[C@@H]3CCC4=CC(=O)CC[C@@H]4[C@H]3[C@@H](Cl)C[C@]12C. The quantitative estimate of drug-likeness (QED) is 0.146. The molecule has 4 aliphatic rings. The van der Waals surface area contributed by atoms with Gasteiger partial charge in [0.1, 0.15) is 6.10 Å². The number of carbonyl (C=O) groups is 2. The molecule has 5 heteroatoms. The van der Waals surface area contributed by atoms with Crippen molar-refractivity contribution in [1.82, 2.24) is 0 Å².